The summed E-state index contributed by atoms with van der Waals surface area (Å²) in [4.78, 5) is 12.7. The maximum atomic E-state index is 5.95. The number of nitrogens with zero attached hydrogens (tertiary/aromatic N) is 3. The first-order valence-corrected chi connectivity index (χ1v) is 6.45. The van der Waals surface area contributed by atoms with Gasteiger partial charge in [0.05, 0.1) is 5.69 Å². The molecular formula is C15H11ClN4. The third-order valence-corrected chi connectivity index (χ3v) is 2.95. The van der Waals surface area contributed by atoms with Gasteiger partial charge in [0.25, 0.3) is 0 Å². The Morgan fingerprint density at radius 2 is 1.80 bits per heavy atom. The SMILES string of the molecule is Clc1cccc(Nc2nccc(-c3ccncc3)n2)c1. The summed E-state index contributed by atoms with van der Waals surface area (Å²) in [6.07, 6.45) is 5.19. The molecule has 0 radical (unpaired) electrons. The third kappa shape index (κ3) is 2.92. The zero-order valence-corrected chi connectivity index (χ0v) is 11.2. The number of anilines is 2. The van der Waals surface area contributed by atoms with Crippen LogP contribution in [0.1, 0.15) is 0 Å². The molecule has 0 amide bonds. The second kappa shape index (κ2) is 5.67. The summed E-state index contributed by atoms with van der Waals surface area (Å²) >= 11 is 5.95. The van der Waals surface area contributed by atoms with Crippen molar-refractivity contribution < 1.29 is 0 Å². The Balaban J connectivity index is 1.88. The summed E-state index contributed by atoms with van der Waals surface area (Å²) < 4.78 is 0. The zero-order valence-electron chi connectivity index (χ0n) is 10.5. The van der Waals surface area contributed by atoms with Crippen LogP contribution in [0, 0.1) is 0 Å². The zero-order chi connectivity index (χ0) is 13.8. The van der Waals surface area contributed by atoms with Crippen molar-refractivity contribution in [3.05, 3.63) is 66.1 Å². The molecule has 4 nitrogen and oxygen atoms in total. The average molecular weight is 283 g/mol. The van der Waals surface area contributed by atoms with Crippen molar-refractivity contribution in [1.29, 1.82) is 0 Å². The lowest BCUT2D eigenvalue weighted by atomic mass is 10.2. The molecule has 5 heteroatoms. The van der Waals surface area contributed by atoms with Crippen LogP contribution < -0.4 is 5.32 Å². The number of pyridine rings is 1. The molecule has 0 spiro atoms. The van der Waals surface area contributed by atoms with E-state index < -0.39 is 0 Å². The highest BCUT2D eigenvalue weighted by Crippen LogP contribution is 2.20. The van der Waals surface area contributed by atoms with Gasteiger partial charge in [0.2, 0.25) is 5.95 Å². The van der Waals surface area contributed by atoms with Gasteiger partial charge in [0.15, 0.2) is 0 Å². The average Bonchev–Trinajstić information content (AvgIpc) is 2.48. The van der Waals surface area contributed by atoms with Gasteiger partial charge in [-0.05, 0) is 36.4 Å². The highest BCUT2D eigenvalue weighted by atomic mass is 35.5. The van der Waals surface area contributed by atoms with Gasteiger partial charge in [0.1, 0.15) is 0 Å². The van der Waals surface area contributed by atoms with Crippen LogP contribution in [0.3, 0.4) is 0 Å². The molecule has 2 aromatic heterocycles. The molecule has 3 rings (SSSR count). The minimum atomic E-state index is 0.529. The predicted molar refractivity (Wildman–Crippen MR) is 80.0 cm³/mol. The molecular weight excluding hydrogens is 272 g/mol. The number of rotatable bonds is 3. The van der Waals surface area contributed by atoms with Crippen molar-refractivity contribution in [2.24, 2.45) is 0 Å². The lowest BCUT2D eigenvalue weighted by Crippen LogP contribution is -1.97. The van der Waals surface area contributed by atoms with Crippen molar-refractivity contribution >= 4 is 23.2 Å². The van der Waals surface area contributed by atoms with Gasteiger partial charge in [-0.2, -0.15) is 0 Å². The normalized spacial score (nSPS) is 10.2. The van der Waals surface area contributed by atoms with Crippen molar-refractivity contribution in [3.63, 3.8) is 0 Å². The molecule has 3 aromatic rings. The molecule has 1 aromatic carbocycles. The molecule has 0 saturated carbocycles. The molecule has 20 heavy (non-hydrogen) atoms. The lowest BCUT2D eigenvalue weighted by Gasteiger charge is -2.06. The van der Waals surface area contributed by atoms with E-state index in [1.165, 1.54) is 0 Å². The second-order valence-electron chi connectivity index (χ2n) is 4.14. The minimum absolute atomic E-state index is 0.529. The van der Waals surface area contributed by atoms with Gasteiger partial charge in [-0.1, -0.05) is 17.7 Å². The fourth-order valence-corrected chi connectivity index (χ4v) is 1.99. The van der Waals surface area contributed by atoms with Crippen LogP contribution in [0.4, 0.5) is 11.6 Å². The summed E-state index contributed by atoms with van der Waals surface area (Å²) in [5, 5.41) is 3.80. The van der Waals surface area contributed by atoms with Gasteiger partial charge in [-0.15, -0.1) is 0 Å². The van der Waals surface area contributed by atoms with Crippen LogP contribution in [0.15, 0.2) is 61.1 Å². The maximum absolute atomic E-state index is 5.95. The fourth-order valence-electron chi connectivity index (χ4n) is 1.80. The van der Waals surface area contributed by atoms with E-state index in [1.54, 1.807) is 18.6 Å². The monoisotopic (exact) mass is 282 g/mol. The first kappa shape index (κ1) is 12.6. The number of hydrogen-bond acceptors (Lipinski definition) is 4. The smallest absolute Gasteiger partial charge is 0.227 e. The van der Waals surface area contributed by atoms with E-state index in [2.05, 4.69) is 20.3 Å². The molecule has 0 unspecified atom stereocenters. The quantitative estimate of drug-likeness (QED) is 0.790. The van der Waals surface area contributed by atoms with Crippen LogP contribution in [0.25, 0.3) is 11.3 Å². The highest BCUT2D eigenvalue weighted by Gasteiger charge is 2.02. The van der Waals surface area contributed by atoms with Gasteiger partial charge in [0, 0.05) is 34.9 Å². The van der Waals surface area contributed by atoms with E-state index in [4.69, 9.17) is 11.6 Å². The molecule has 0 fully saturated rings. The number of benzene rings is 1. The molecule has 2 heterocycles. The van der Waals surface area contributed by atoms with Gasteiger partial charge in [-0.25, -0.2) is 9.97 Å². The highest BCUT2D eigenvalue weighted by molar-refractivity contribution is 6.30. The van der Waals surface area contributed by atoms with Crippen molar-refractivity contribution in [2.45, 2.75) is 0 Å². The molecule has 0 aliphatic carbocycles. The van der Waals surface area contributed by atoms with Crippen molar-refractivity contribution in [1.82, 2.24) is 15.0 Å². The topological polar surface area (TPSA) is 50.7 Å². The van der Waals surface area contributed by atoms with Crippen molar-refractivity contribution in [2.75, 3.05) is 5.32 Å². The molecule has 0 bridgehead atoms. The predicted octanol–water partition coefficient (Wildman–Crippen LogP) is 3.94. The van der Waals surface area contributed by atoms with E-state index in [0.29, 0.717) is 11.0 Å². The Kier molecular flexibility index (Phi) is 3.56. The minimum Gasteiger partial charge on any atom is -0.324 e. The number of nitrogens with one attached hydrogen (secondary N) is 1. The van der Waals surface area contributed by atoms with E-state index in [-0.39, 0.29) is 0 Å². The summed E-state index contributed by atoms with van der Waals surface area (Å²) in [5.74, 6) is 0.529. The summed E-state index contributed by atoms with van der Waals surface area (Å²) in [6.45, 7) is 0. The number of aromatic nitrogens is 3. The molecule has 0 saturated heterocycles. The van der Waals surface area contributed by atoms with Gasteiger partial charge >= 0.3 is 0 Å². The summed E-state index contributed by atoms with van der Waals surface area (Å²) in [5.41, 5.74) is 2.69. The van der Waals surface area contributed by atoms with E-state index >= 15 is 0 Å². The summed E-state index contributed by atoms with van der Waals surface area (Å²) in [7, 11) is 0. The lowest BCUT2D eigenvalue weighted by molar-refractivity contribution is 1.17. The maximum Gasteiger partial charge on any atom is 0.227 e. The molecule has 1 N–H and O–H groups in total. The van der Waals surface area contributed by atoms with Crippen LogP contribution in [0.2, 0.25) is 5.02 Å². The third-order valence-electron chi connectivity index (χ3n) is 2.71. The van der Waals surface area contributed by atoms with E-state index in [1.807, 2.05) is 42.5 Å². The standard InChI is InChI=1S/C15H11ClN4/c16-12-2-1-3-13(10-12)19-15-18-9-6-14(20-15)11-4-7-17-8-5-11/h1-10H,(H,18,19,20). The van der Waals surface area contributed by atoms with Gasteiger partial charge in [-0.3, -0.25) is 4.98 Å². The Labute approximate surface area is 121 Å². The Hall–Kier alpha value is -2.46. The molecule has 0 aliphatic rings. The fraction of sp³-hybridized carbons (Fsp3) is 0. The first-order valence-electron chi connectivity index (χ1n) is 6.07. The molecule has 98 valence electrons. The number of halogens is 1. The summed E-state index contributed by atoms with van der Waals surface area (Å²) in [6, 6.07) is 13.1. The Morgan fingerprint density at radius 3 is 2.60 bits per heavy atom. The van der Waals surface area contributed by atoms with Crippen LogP contribution in [-0.4, -0.2) is 15.0 Å². The largest absolute Gasteiger partial charge is 0.324 e. The van der Waals surface area contributed by atoms with Crippen LogP contribution in [0.5, 0.6) is 0 Å². The van der Waals surface area contributed by atoms with Gasteiger partial charge < -0.3 is 5.32 Å². The Morgan fingerprint density at radius 1 is 0.950 bits per heavy atom. The molecule has 0 aliphatic heterocycles. The Bertz CT molecular complexity index is 716. The number of hydrogen-bond donors (Lipinski definition) is 1. The van der Waals surface area contributed by atoms with Crippen molar-refractivity contribution in [3.8, 4) is 11.3 Å². The van der Waals surface area contributed by atoms with E-state index in [0.717, 1.165) is 16.9 Å². The molecule has 0 atom stereocenters. The van der Waals surface area contributed by atoms with Crippen LogP contribution >= 0.6 is 11.6 Å². The van der Waals surface area contributed by atoms with E-state index in [9.17, 15) is 0 Å². The first-order chi connectivity index (χ1) is 9.81. The second-order valence-corrected chi connectivity index (χ2v) is 4.57. The van der Waals surface area contributed by atoms with Crippen LogP contribution in [-0.2, 0) is 0 Å².